The molecule has 0 radical (unpaired) electrons. The quantitative estimate of drug-likeness (QED) is 0.697. The Balaban J connectivity index is 2.53. The number of esters is 1. The van der Waals surface area contributed by atoms with Crippen LogP contribution in [0.25, 0.3) is 0 Å². The van der Waals surface area contributed by atoms with Gasteiger partial charge in [-0.3, -0.25) is 4.79 Å². The van der Waals surface area contributed by atoms with E-state index in [0.717, 1.165) is 0 Å². The van der Waals surface area contributed by atoms with Crippen LogP contribution in [0.1, 0.15) is 30.6 Å². The average molecular weight is 328 g/mol. The third-order valence-corrected chi connectivity index (χ3v) is 4.14. The van der Waals surface area contributed by atoms with Gasteiger partial charge in [0.2, 0.25) is 15.9 Å². The molecule has 0 aliphatic heterocycles. The van der Waals surface area contributed by atoms with Gasteiger partial charge in [-0.05, 0) is 37.6 Å². The fraction of sp³-hybridized carbons (Fsp3) is 0.429. The van der Waals surface area contributed by atoms with E-state index in [0.29, 0.717) is 17.7 Å². The molecular weight excluding hydrogens is 308 g/mol. The average Bonchev–Trinajstić information content (AvgIpc) is 2.46. The Bertz CT molecular complexity index is 611. The Kier molecular flexibility index (Phi) is 7.00. The van der Waals surface area contributed by atoms with E-state index in [9.17, 15) is 18.0 Å². The summed E-state index contributed by atoms with van der Waals surface area (Å²) in [6, 6.07) is 6.14. The summed E-state index contributed by atoms with van der Waals surface area (Å²) in [6.45, 7) is 3.41. The van der Waals surface area contributed by atoms with E-state index in [1.54, 1.807) is 26.0 Å². The van der Waals surface area contributed by atoms with Gasteiger partial charge in [-0.25, -0.2) is 17.9 Å². The molecule has 122 valence electrons. The molecule has 0 saturated heterocycles. The number of sulfonamides is 1. The maximum atomic E-state index is 11.7. The molecule has 0 aliphatic rings. The van der Waals surface area contributed by atoms with Crippen LogP contribution < -0.4 is 10.0 Å². The SMILES string of the molecule is CCCS(=O)(=O)NCC(=O)Nc1ccc(C(=O)OCC)cc1. The van der Waals surface area contributed by atoms with Crippen LogP contribution >= 0.6 is 0 Å². The molecule has 7 nitrogen and oxygen atoms in total. The number of carbonyl (C=O) groups excluding carboxylic acids is 2. The predicted octanol–water partition coefficient (Wildman–Crippen LogP) is 1.13. The summed E-state index contributed by atoms with van der Waals surface area (Å²) in [5.74, 6) is -0.939. The van der Waals surface area contributed by atoms with Crippen LogP contribution in [0.5, 0.6) is 0 Å². The molecule has 2 N–H and O–H groups in total. The second kappa shape index (κ2) is 8.50. The van der Waals surface area contributed by atoms with Crippen molar-refractivity contribution in [2.45, 2.75) is 20.3 Å². The van der Waals surface area contributed by atoms with Gasteiger partial charge in [0, 0.05) is 5.69 Å². The van der Waals surface area contributed by atoms with E-state index < -0.39 is 21.9 Å². The lowest BCUT2D eigenvalue weighted by molar-refractivity contribution is -0.115. The fourth-order valence-corrected chi connectivity index (χ4v) is 2.66. The highest BCUT2D eigenvalue weighted by Crippen LogP contribution is 2.10. The molecule has 0 heterocycles. The van der Waals surface area contributed by atoms with Crippen molar-refractivity contribution >= 4 is 27.6 Å². The molecule has 0 aliphatic carbocycles. The second-order valence-corrected chi connectivity index (χ2v) is 6.41. The number of hydrogen-bond donors (Lipinski definition) is 2. The van der Waals surface area contributed by atoms with E-state index >= 15 is 0 Å². The van der Waals surface area contributed by atoms with Gasteiger partial charge in [0.25, 0.3) is 0 Å². The molecule has 1 aromatic carbocycles. The third kappa shape index (κ3) is 6.23. The standard InChI is InChI=1S/C14H20N2O5S/c1-3-9-22(19,20)15-10-13(17)16-12-7-5-11(6-8-12)14(18)21-4-2/h5-8,15H,3-4,9-10H2,1-2H3,(H,16,17). The monoisotopic (exact) mass is 328 g/mol. The summed E-state index contributed by atoms with van der Waals surface area (Å²) in [7, 11) is -3.42. The van der Waals surface area contributed by atoms with Crippen molar-refractivity contribution in [3.05, 3.63) is 29.8 Å². The van der Waals surface area contributed by atoms with E-state index in [-0.39, 0.29) is 18.9 Å². The molecule has 0 unspecified atom stereocenters. The van der Waals surface area contributed by atoms with E-state index in [4.69, 9.17) is 4.74 Å². The van der Waals surface area contributed by atoms with Gasteiger partial charge in [0.05, 0.1) is 24.5 Å². The van der Waals surface area contributed by atoms with Gasteiger partial charge in [0.15, 0.2) is 0 Å². The van der Waals surface area contributed by atoms with Crippen LogP contribution in [0.3, 0.4) is 0 Å². The van der Waals surface area contributed by atoms with Crippen molar-refractivity contribution in [3.8, 4) is 0 Å². The van der Waals surface area contributed by atoms with Crippen LogP contribution in [0.15, 0.2) is 24.3 Å². The fourth-order valence-electron chi connectivity index (χ4n) is 1.63. The summed E-state index contributed by atoms with van der Waals surface area (Å²) >= 11 is 0. The van der Waals surface area contributed by atoms with Gasteiger partial charge in [-0.1, -0.05) is 6.92 Å². The maximum absolute atomic E-state index is 11.7. The molecule has 1 aromatic rings. The molecule has 0 spiro atoms. The molecule has 0 bridgehead atoms. The van der Waals surface area contributed by atoms with Crippen molar-refractivity contribution in [3.63, 3.8) is 0 Å². The first-order valence-electron chi connectivity index (χ1n) is 6.92. The van der Waals surface area contributed by atoms with Gasteiger partial charge in [0.1, 0.15) is 0 Å². The van der Waals surface area contributed by atoms with Gasteiger partial charge < -0.3 is 10.1 Å². The predicted molar refractivity (Wildman–Crippen MR) is 83.1 cm³/mol. The zero-order valence-electron chi connectivity index (χ0n) is 12.6. The van der Waals surface area contributed by atoms with Gasteiger partial charge >= 0.3 is 5.97 Å². The maximum Gasteiger partial charge on any atom is 0.338 e. The first-order chi connectivity index (χ1) is 10.4. The largest absolute Gasteiger partial charge is 0.462 e. The molecule has 1 amide bonds. The van der Waals surface area contributed by atoms with Crippen molar-refractivity contribution in [1.29, 1.82) is 0 Å². The lowest BCUT2D eigenvalue weighted by Crippen LogP contribution is -2.34. The van der Waals surface area contributed by atoms with Crippen molar-refractivity contribution in [1.82, 2.24) is 4.72 Å². The number of anilines is 1. The first-order valence-corrected chi connectivity index (χ1v) is 8.57. The minimum absolute atomic E-state index is 0.0193. The van der Waals surface area contributed by atoms with Crippen LogP contribution in [-0.2, 0) is 19.6 Å². The Morgan fingerprint density at radius 3 is 2.32 bits per heavy atom. The zero-order chi connectivity index (χ0) is 16.6. The number of hydrogen-bond acceptors (Lipinski definition) is 5. The third-order valence-electron chi connectivity index (χ3n) is 2.61. The van der Waals surface area contributed by atoms with Gasteiger partial charge in [-0.15, -0.1) is 0 Å². The van der Waals surface area contributed by atoms with Crippen molar-refractivity contribution in [2.24, 2.45) is 0 Å². The lowest BCUT2D eigenvalue weighted by atomic mass is 10.2. The molecule has 22 heavy (non-hydrogen) atoms. The number of amides is 1. The second-order valence-electron chi connectivity index (χ2n) is 4.49. The summed E-state index contributed by atoms with van der Waals surface area (Å²) < 4.78 is 29.9. The highest BCUT2D eigenvalue weighted by atomic mass is 32.2. The normalized spacial score (nSPS) is 11.0. The Labute approximate surface area is 130 Å². The van der Waals surface area contributed by atoms with E-state index in [2.05, 4.69) is 10.0 Å². The molecule has 0 saturated carbocycles. The van der Waals surface area contributed by atoms with Crippen molar-refractivity contribution < 1.29 is 22.7 Å². The molecule has 0 fully saturated rings. The smallest absolute Gasteiger partial charge is 0.338 e. The van der Waals surface area contributed by atoms with E-state index in [1.807, 2.05) is 0 Å². The molecule has 8 heteroatoms. The topological polar surface area (TPSA) is 102 Å². The summed E-state index contributed by atoms with van der Waals surface area (Å²) in [4.78, 5) is 23.1. The number of nitrogens with one attached hydrogen (secondary N) is 2. The van der Waals surface area contributed by atoms with Crippen LogP contribution in [0.2, 0.25) is 0 Å². The van der Waals surface area contributed by atoms with Crippen LogP contribution in [0.4, 0.5) is 5.69 Å². The Morgan fingerprint density at radius 2 is 1.77 bits per heavy atom. The lowest BCUT2D eigenvalue weighted by Gasteiger charge is -2.08. The molecular formula is C14H20N2O5S. The summed E-state index contributed by atoms with van der Waals surface area (Å²) in [5, 5.41) is 2.54. The number of carbonyl (C=O) groups is 2. The molecule has 0 aromatic heterocycles. The van der Waals surface area contributed by atoms with Gasteiger partial charge in [-0.2, -0.15) is 0 Å². The number of ether oxygens (including phenoxy) is 1. The van der Waals surface area contributed by atoms with Crippen LogP contribution in [0, 0.1) is 0 Å². The van der Waals surface area contributed by atoms with Crippen LogP contribution in [-0.4, -0.2) is 39.2 Å². The number of benzene rings is 1. The molecule has 0 atom stereocenters. The number of rotatable bonds is 8. The minimum Gasteiger partial charge on any atom is -0.462 e. The highest BCUT2D eigenvalue weighted by Gasteiger charge is 2.11. The van der Waals surface area contributed by atoms with Crippen molar-refractivity contribution in [2.75, 3.05) is 24.2 Å². The first kappa shape index (κ1) is 18.1. The zero-order valence-corrected chi connectivity index (χ0v) is 13.4. The van der Waals surface area contributed by atoms with E-state index in [1.165, 1.54) is 12.1 Å². The summed E-state index contributed by atoms with van der Waals surface area (Å²) in [6.07, 6.45) is 0.478. The minimum atomic E-state index is -3.42. The Morgan fingerprint density at radius 1 is 1.14 bits per heavy atom. The highest BCUT2D eigenvalue weighted by molar-refractivity contribution is 7.89. The Hall–Kier alpha value is -1.93. The summed E-state index contributed by atoms with van der Waals surface area (Å²) in [5.41, 5.74) is 0.844. The molecule has 1 rings (SSSR count).